The van der Waals surface area contributed by atoms with Gasteiger partial charge in [-0.1, -0.05) is 24.0 Å². The predicted molar refractivity (Wildman–Crippen MR) is 120 cm³/mol. The third-order valence-corrected chi connectivity index (χ3v) is 6.26. The number of hydrogen-bond donors (Lipinski definition) is 1. The third-order valence-electron chi connectivity index (χ3n) is 4.29. The SMILES string of the molecule is COc1ccc(-c2ccc(C=C3SC(=S)N(C(CCSC)C(=O)O)C3=O)o2)cc1. The number of rotatable bonds is 8. The van der Waals surface area contributed by atoms with Crippen LogP contribution in [-0.2, 0) is 9.59 Å². The van der Waals surface area contributed by atoms with E-state index in [2.05, 4.69) is 0 Å². The van der Waals surface area contributed by atoms with Gasteiger partial charge in [0.15, 0.2) is 0 Å². The maximum Gasteiger partial charge on any atom is 0.326 e. The minimum Gasteiger partial charge on any atom is -0.497 e. The first-order valence-electron chi connectivity index (χ1n) is 8.67. The number of methoxy groups -OCH3 is 1. The van der Waals surface area contributed by atoms with Crippen LogP contribution in [0.4, 0.5) is 0 Å². The van der Waals surface area contributed by atoms with E-state index in [4.69, 9.17) is 21.4 Å². The molecule has 152 valence electrons. The summed E-state index contributed by atoms with van der Waals surface area (Å²) in [5, 5.41) is 9.52. The van der Waals surface area contributed by atoms with Gasteiger partial charge in [-0.25, -0.2) is 4.79 Å². The molecule has 0 spiro atoms. The maximum atomic E-state index is 12.8. The number of nitrogens with zero attached hydrogens (tertiary/aromatic N) is 1. The average Bonchev–Trinajstić information content (AvgIpc) is 3.28. The van der Waals surface area contributed by atoms with Crippen LogP contribution in [0.2, 0.25) is 0 Å². The molecule has 0 radical (unpaired) electrons. The van der Waals surface area contributed by atoms with Gasteiger partial charge in [0.25, 0.3) is 5.91 Å². The number of carboxylic acid groups (broad SMARTS) is 1. The molecule has 1 aliphatic rings. The molecule has 0 saturated carbocycles. The van der Waals surface area contributed by atoms with Crippen molar-refractivity contribution in [3.05, 3.63) is 47.1 Å². The lowest BCUT2D eigenvalue weighted by atomic mass is 10.2. The standard InChI is InChI=1S/C20H19NO5S3/c1-25-13-5-3-12(4-6-13)16-8-7-14(26-16)11-17-18(22)21(20(27)29-17)15(19(23)24)9-10-28-2/h3-8,11,15H,9-10H2,1-2H3,(H,23,24). The number of thiocarbonyl (C=S) groups is 1. The van der Waals surface area contributed by atoms with Crippen LogP contribution in [0.25, 0.3) is 17.4 Å². The Labute approximate surface area is 182 Å². The van der Waals surface area contributed by atoms with E-state index >= 15 is 0 Å². The van der Waals surface area contributed by atoms with E-state index in [9.17, 15) is 14.7 Å². The Morgan fingerprint density at radius 1 is 1.34 bits per heavy atom. The highest BCUT2D eigenvalue weighted by Crippen LogP contribution is 2.35. The van der Waals surface area contributed by atoms with Crippen molar-refractivity contribution in [1.29, 1.82) is 0 Å². The molecule has 6 nitrogen and oxygen atoms in total. The largest absolute Gasteiger partial charge is 0.497 e. The summed E-state index contributed by atoms with van der Waals surface area (Å²) >= 11 is 7.89. The van der Waals surface area contributed by atoms with Gasteiger partial charge >= 0.3 is 5.97 Å². The van der Waals surface area contributed by atoms with Crippen molar-refractivity contribution in [2.75, 3.05) is 19.1 Å². The van der Waals surface area contributed by atoms with Crippen molar-refractivity contribution >= 4 is 58.0 Å². The van der Waals surface area contributed by atoms with Crippen molar-refractivity contribution in [1.82, 2.24) is 4.90 Å². The Morgan fingerprint density at radius 3 is 2.69 bits per heavy atom. The lowest BCUT2D eigenvalue weighted by Gasteiger charge is -2.22. The van der Waals surface area contributed by atoms with Crippen LogP contribution in [0.1, 0.15) is 12.2 Å². The van der Waals surface area contributed by atoms with Crippen molar-refractivity contribution in [2.24, 2.45) is 0 Å². The lowest BCUT2D eigenvalue weighted by molar-refractivity contribution is -0.145. The summed E-state index contributed by atoms with van der Waals surface area (Å²) in [5.41, 5.74) is 0.876. The number of carbonyl (C=O) groups excluding carboxylic acids is 1. The predicted octanol–water partition coefficient (Wildman–Crippen LogP) is 4.36. The highest BCUT2D eigenvalue weighted by Gasteiger charge is 2.40. The summed E-state index contributed by atoms with van der Waals surface area (Å²) in [6, 6.07) is 10.0. The van der Waals surface area contributed by atoms with Gasteiger partial charge in [-0.15, -0.1) is 0 Å². The molecule has 1 aliphatic heterocycles. The summed E-state index contributed by atoms with van der Waals surface area (Å²) in [6.07, 6.45) is 3.82. The molecule has 1 aromatic heterocycles. The molecule has 1 unspecified atom stereocenters. The molecule has 2 aromatic rings. The van der Waals surface area contributed by atoms with E-state index in [0.29, 0.717) is 28.6 Å². The van der Waals surface area contributed by atoms with E-state index in [0.717, 1.165) is 23.1 Å². The van der Waals surface area contributed by atoms with Crippen LogP contribution in [0.5, 0.6) is 5.75 Å². The normalized spacial score (nSPS) is 16.5. The van der Waals surface area contributed by atoms with Gasteiger partial charge in [0.05, 0.1) is 12.0 Å². The molecule has 29 heavy (non-hydrogen) atoms. The molecule has 1 aromatic carbocycles. The third kappa shape index (κ3) is 4.85. The highest BCUT2D eigenvalue weighted by atomic mass is 32.2. The van der Waals surface area contributed by atoms with Gasteiger partial charge < -0.3 is 14.3 Å². The van der Waals surface area contributed by atoms with Crippen molar-refractivity contribution in [3.63, 3.8) is 0 Å². The summed E-state index contributed by atoms with van der Waals surface area (Å²) in [6.45, 7) is 0. The molecule has 0 aliphatic carbocycles. The zero-order chi connectivity index (χ0) is 21.0. The second-order valence-electron chi connectivity index (χ2n) is 6.12. The van der Waals surface area contributed by atoms with Gasteiger partial charge in [-0.3, -0.25) is 9.69 Å². The van der Waals surface area contributed by atoms with Gasteiger partial charge in [0, 0.05) is 11.6 Å². The molecule has 1 N–H and O–H groups in total. The second-order valence-corrected chi connectivity index (χ2v) is 8.78. The molecule has 2 heterocycles. The van der Waals surface area contributed by atoms with E-state index in [-0.39, 0.29) is 4.32 Å². The fourth-order valence-electron chi connectivity index (χ4n) is 2.81. The fourth-order valence-corrected chi connectivity index (χ4v) is 4.61. The van der Waals surface area contributed by atoms with Gasteiger partial charge in [0.1, 0.15) is 27.6 Å². The molecule has 1 atom stereocenters. The van der Waals surface area contributed by atoms with E-state index in [1.54, 1.807) is 19.3 Å². The van der Waals surface area contributed by atoms with Crippen LogP contribution in [-0.4, -0.2) is 51.4 Å². The van der Waals surface area contributed by atoms with Crippen molar-refractivity contribution in [2.45, 2.75) is 12.5 Å². The molecule has 0 bridgehead atoms. The number of benzene rings is 1. The van der Waals surface area contributed by atoms with Crippen LogP contribution in [0.3, 0.4) is 0 Å². The number of thioether (sulfide) groups is 2. The Hall–Kier alpha value is -2.23. The van der Waals surface area contributed by atoms with Gasteiger partial charge in [0.2, 0.25) is 0 Å². The molecule has 3 rings (SSSR count). The first kappa shape index (κ1) is 21.5. The molecule has 9 heteroatoms. The smallest absolute Gasteiger partial charge is 0.326 e. The summed E-state index contributed by atoms with van der Waals surface area (Å²) in [7, 11) is 1.60. The van der Waals surface area contributed by atoms with Crippen LogP contribution in [0.15, 0.2) is 45.7 Å². The first-order chi connectivity index (χ1) is 13.9. The summed E-state index contributed by atoms with van der Waals surface area (Å²) in [4.78, 5) is 26.0. The van der Waals surface area contributed by atoms with Crippen molar-refractivity contribution in [3.8, 4) is 17.1 Å². The van der Waals surface area contributed by atoms with E-state index in [1.807, 2.05) is 36.6 Å². The number of amides is 1. The monoisotopic (exact) mass is 449 g/mol. The summed E-state index contributed by atoms with van der Waals surface area (Å²) in [5.74, 6) is 1.05. The molecule has 1 amide bonds. The fraction of sp³-hybridized carbons (Fsp3) is 0.250. The number of hydrogen-bond acceptors (Lipinski definition) is 7. The zero-order valence-electron chi connectivity index (χ0n) is 15.8. The Balaban J connectivity index is 1.80. The average molecular weight is 450 g/mol. The number of furan rings is 1. The Morgan fingerprint density at radius 2 is 2.07 bits per heavy atom. The number of carboxylic acids is 1. The van der Waals surface area contributed by atoms with E-state index in [1.165, 1.54) is 16.7 Å². The quantitative estimate of drug-likeness (QED) is 0.470. The molecular formula is C20H19NO5S3. The van der Waals surface area contributed by atoms with Crippen molar-refractivity contribution < 1.29 is 23.8 Å². The molecule has 1 fully saturated rings. The zero-order valence-corrected chi connectivity index (χ0v) is 18.2. The van der Waals surface area contributed by atoms with Crippen LogP contribution < -0.4 is 4.74 Å². The minimum atomic E-state index is -1.06. The van der Waals surface area contributed by atoms with Gasteiger partial charge in [-0.05, 0) is 54.8 Å². The number of carbonyl (C=O) groups is 2. The second kappa shape index (κ2) is 9.51. The van der Waals surface area contributed by atoms with Crippen LogP contribution >= 0.6 is 35.7 Å². The summed E-state index contributed by atoms with van der Waals surface area (Å²) < 4.78 is 11.2. The Bertz CT molecular complexity index is 951. The maximum absolute atomic E-state index is 12.8. The number of ether oxygens (including phenoxy) is 1. The molecule has 1 saturated heterocycles. The topological polar surface area (TPSA) is 80.0 Å². The van der Waals surface area contributed by atoms with E-state index < -0.39 is 17.9 Å². The molecular weight excluding hydrogens is 430 g/mol. The van der Waals surface area contributed by atoms with Crippen LogP contribution in [0, 0.1) is 0 Å². The number of aliphatic carboxylic acids is 1. The minimum absolute atomic E-state index is 0.247. The first-order valence-corrected chi connectivity index (χ1v) is 11.3. The highest BCUT2D eigenvalue weighted by molar-refractivity contribution is 8.26. The Kier molecular flexibility index (Phi) is 7.05. The lowest BCUT2D eigenvalue weighted by Crippen LogP contribution is -2.44. The van der Waals surface area contributed by atoms with Gasteiger partial charge in [-0.2, -0.15) is 11.8 Å².